The van der Waals surface area contributed by atoms with Gasteiger partial charge in [0.15, 0.2) is 5.16 Å². The summed E-state index contributed by atoms with van der Waals surface area (Å²) in [5.41, 5.74) is 13.8. The van der Waals surface area contributed by atoms with Gasteiger partial charge in [-0.05, 0) is 25.4 Å². The molecule has 0 saturated carbocycles. The maximum Gasteiger partial charge on any atom is 0.260 e. The van der Waals surface area contributed by atoms with Crippen LogP contribution in [-0.4, -0.2) is 64.8 Å². The van der Waals surface area contributed by atoms with Crippen molar-refractivity contribution in [2.24, 2.45) is 5.73 Å². The van der Waals surface area contributed by atoms with E-state index in [1.54, 1.807) is 30.1 Å². The van der Waals surface area contributed by atoms with E-state index in [4.69, 9.17) is 16.6 Å². The number of anilines is 2. The van der Waals surface area contributed by atoms with Crippen LogP contribution in [0, 0.1) is 0 Å². The number of nitrogens with zero attached hydrogens (tertiary/aromatic N) is 3. The van der Waals surface area contributed by atoms with Gasteiger partial charge in [-0.2, -0.15) is 0 Å². The zero-order valence-electron chi connectivity index (χ0n) is 16.5. The second kappa shape index (κ2) is 9.39. The number of benzene rings is 1. The molecular weight excluding hydrogens is 424 g/mol. The van der Waals surface area contributed by atoms with Gasteiger partial charge in [0.1, 0.15) is 9.71 Å². The quantitative estimate of drug-likeness (QED) is 0.301. The van der Waals surface area contributed by atoms with Crippen molar-refractivity contribution < 1.29 is 14.7 Å². The predicted molar refractivity (Wildman–Crippen MR) is 121 cm³/mol. The Hall–Kier alpha value is -2.73. The smallest absolute Gasteiger partial charge is 0.260 e. The van der Waals surface area contributed by atoms with Crippen LogP contribution in [0.3, 0.4) is 0 Å². The van der Waals surface area contributed by atoms with E-state index in [0.29, 0.717) is 33.3 Å². The Labute approximate surface area is 181 Å². The Morgan fingerprint density at radius 2 is 2.10 bits per heavy atom. The number of rotatable bonds is 8. The van der Waals surface area contributed by atoms with Crippen LogP contribution in [0.4, 0.5) is 11.4 Å². The van der Waals surface area contributed by atoms with Gasteiger partial charge in [0.05, 0.1) is 29.9 Å². The van der Waals surface area contributed by atoms with Crippen molar-refractivity contribution in [2.45, 2.75) is 5.16 Å². The maximum atomic E-state index is 12.3. The largest absolute Gasteiger partial charge is 0.397 e. The zero-order valence-corrected chi connectivity index (χ0v) is 18.1. The number of aliphatic hydroxyl groups is 1. The van der Waals surface area contributed by atoms with E-state index in [9.17, 15) is 9.59 Å². The van der Waals surface area contributed by atoms with Gasteiger partial charge in [0.2, 0.25) is 5.91 Å². The topological polar surface area (TPSA) is 147 Å². The second-order valence-corrected chi connectivity index (χ2v) is 8.31. The molecule has 158 valence electrons. The molecule has 0 aliphatic carbocycles. The van der Waals surface area contributed by atoms with Crippen LogP contribution < -0.4 is 16.8 Å². The third-order valence-electron chi connectivity index (χ3n) is 4.29. The number of carbonyl (C=O) groups excluding carboxylic acids is 2. The summed E-state index contributed by atoms with van der Waals surface area (Å²) in [5.74, 6) is -0.813. The van der Waals surface area contributed by atoms with Crippen LogP contribution in [0.15, 0.2) is 29.4 Å². The molecule has 0 saturated heterocycles. The highest BCUT2D eigenvalue weighted by Crippen LogP contribution is 2.39. The van der Waals surface area contributed by atoms with Crippen molar-refractivity contribution in [3.05, 3.63) is 29.1 Å². The Bertz CT molecular complexity index is 1100. The van der Waals surface area contributed by atoms with Gasteiger partial charge >= 0.3 is 0 Å². The number of likely N-dealkylation sites (N-methyl/N-ethyl adjacent to an activating group) is 1. The number of carbonyl (C=O) groups is 2. The van der Waals surface area contributed by atoms with Crippen LogP contribution in [0.2, 0.25) is 0 Å². The molecule has 2 amide bonds. The molecule has 0 fully saturated rings. The summed E-state index contributed by atoms with van der Waals surface area (Å²) in [6, 6.07) is 7.21. The number of aliphatic hydroxyl groups excluding tert-OH is 1. The Morgan fingerprint density at radius 1 is 1.33 bits per heavy atom. The van der Waals surface area contributed by atoms with E-state index in [1.165, 1.54) is 11.8 Å². The van der Waals surface area contributed by atoms with Gasteiger partial charge in [-0.1, -0.05) is 23.9 Å². The third kappa shape index (κ3) is 4.70. The molecule has 0 bridgehead atoms. The number of thiophene rings is 1. The summed E-state index contributed by atoms with van der Waals surface area (Å²) >= 11 is 2.51. The molecule has 9 nitrogen and oxygen atoms in total. The Balaban J connectivity index is 2.00. The minimum absolute atomic E-state index is 0.0178. The fourth-order valence-corrected chi connectivity index (χ4v) is 4.29. The zero-order chi connectivity index (χ0) is 21.8. The highest BCUT2D eigenvalue weighted by atomic mass is 32.2. The second-order valence-electron chi connectivity index (χ2n) is 6.54. The van der Waals surface area contributed by atoms with Crippen LogP contribution in [0.25, 0.3) is 21.5 Å². The molecule has 2 aromatic heterocycles. The fourth-order valence-electron chi connectivity index (χ4n) is 2.93. The number of nitrogens with one attached hydrogen (secondary N) is 1. The third-order valence-corrected chi connectivity index (χ3v) is 5.95. The van der Waals surface area contributed by atoms with Gasteiger partial charge in [-0.25, -0.2) is 9.97 Å². The summed E-state index contributed by atoms with van der Waals surface area (Å²) in [6.45, 7) is 0.540. The van der Waals surface area contributed by atoms with Crippen molar-refractivity contribution in [3.8, 4) is 11.3 Å². The summed E-state index contributed by atoms with van der Waals surface area (Å²) in [6.07, 6.45) is 1.86. The first kappa shape index (κ1) is 22.0. The molecule has 0 radical (unpaired) electrons. The monoisotopic (exact) mass is 446 g/mol. The van der Waals surface area contributed by atoms with Gasteiger partial charge in [0.25, 0.3) is 5.91 Å². The normalized spacial score (nSPS) is 11.2. The minimum Gasteiger partial charge on any atom is -0.397 e. The van der Waals surface area contributed by atoms with Crippen molar-refractivity contribution >= 4 is 56.5 Å². The molecule has 3 aromatic rings. The number of hydrogen-bond acceptors (Lipinski definition) is 9. The highest BCUT2D eigenvalue weighted by molar-refractivity contribution is 7.98. The van der Waals surface area contributed by atoms with Gasteiger partial charge in [-0.3, -0.25) is 14.5 Å². The lowest BCUT2D eigenvalue weighted by Gasteiger charge is -2.15. The van der Waals surface area contributed by atoms with E-state index in [-0.39, 0.29) is 29.6 Å². The molecule has 1 aromatic carbocycles. The average Bonchev–Trinajstić information content (AvgIpc) is 3.04. The number of aromatic nitrogens is 2. The van der Waals surface area contributed by atoms with E-state index in [1.807, 2.05) is 12.3 Å². The fraction of sp³-hybridized carbons (Fsp3) is 0.263. The number of primary amides is 1. The van der Waals surface area contributed by atoms with Crippen molar-refractivity contribution in [3.63, 3.8) is 0 Å². The lowest BCUT2D eigenvalue weighted by atomic mass is 10.1. The van der Waals surface area contributed by atoms with Crippen molar-refractivity contribution in [1.82, 2.24) is 14.9 Å². The molecule has 0 aliphatic rings. The molecule has 2 heterocycles. The average molecular weight is 447 g/mol. The van der Waals surface area contributed by atoms with Crippen molar-refractivity contribution in [2.75, 3.05) is 44.1 Å². The highest BCUT2D eigenvalue weighted by Gasteiger charge is 2.21. The van der Waals surface area contributed by atoms with Gasteiger partial charge in [-0.15, -0.1) is 11.3 Å². The van der Waals surface area contributed by atoms with Crippen LogP contribution >= 0.6 is 23.1 Å². The summed E-state index contributed by atoms with van der Waals surface area (Å²) < 4.78 is 0. The Kier molecular flexibility index (Phi) is 6.87. The summed E-state index contributed by atoms with van der Waals surface area (Å²) in [7, 11) is 1.75. The number of thioether (sulfide) groups is 1. The number of amides is 2. The van der Waals surface area contributed by atoms with E-state index in [0.717, 1.165) is 16.9 Å². The molecule has 30 heavy (non-hydrogen) atoms. The van der Waals surface area contributed by atoms with Gasteiger partial charge in [0, 0.05) is 17.8 Å². The van der Waals surface area contributed by atoms with Crippen LogP contribution in [0.5, 0.6) is 0 Å². The molecule has 0 aliphatic heterocycles. The summed E-state index contributed by atoms with van der Waals surface area (Å²) in [5, 5.41) is 12.9. The first-order valence-electron chi connectivity index (χ1n) is 8.97. The first-order chi connectivity index (χ1) is 14.3. The van der Waals surface area contributed by atoms with E-state index >= 15 is 0 Å². The molecule has 3 rings (SSSR count). The number of nitrogens with two attached hydrogens (primary N) is 2. The number of nitrogen functional groups attached to an aromatic ring is 1. The molecule has 6 N–H and O–H groups in total. The lowest BCUT2D eigenvalue weighted by Crippen LogP contribution is -2.32. The lowest BCUT2D eigenvalue weighted by molar-refractivity contribution is -0.117. The maximum absolute atomic E-state index is 12.3. The standard InChI is InChI=1S/C19H22N6O3S2/c1-25(6-7-26)9-12(27)22-11-5-3-4-10(8-11)15-13-14(20)16(17(21)28)30-18(13)24-19(23-15)29-2/h3-5,8,26H,6-7,9,20H2,1-2H3,(H2,21,28)(H,22,27). The first-order valence-corrected chi connectivity index (χ1v) is 11.0. The SMILES string of the molecule is CSc1nc(-c2cccc(NC(=O)CN(C)CCO)c2)c2c(N)c(C(N)=O)sc2n1. The van der Waals surface area contributed by atoms with Gasteiger partial charge < -0.3 is 21.9 Å². The summed E-state index contributed by atoms with van der Waals surface area (Å²) in [4.78, 5) is 35.6. The number of hydrogen-bond donors (Lipinski definition) is 4. The van der Waals surface area contributed by atoms with E-state index in [2.05, 4.69) is 15.3 Å². The molecule has 11 heteroatoms. The van der Waals surface area contributed by atoms with Crippen LogP contribution in [0.1, 0.15) is 9.67 Å². The molecule has 0 atom stereocenters. The minimum atomic E-state index is -0.611. The molecule has 0 spiro atoms. The number of fused-ring (bicyclic) bond motifs is 1. The van der Waals surface area contributed by atoms with Crippen LogP contribution in [-0.2, 0) is 4.79 Å². The predicted octanol–water partition coefficient (Wildman–Crippen LogP) is 1.62. The molecule has 0 unspecified atom stereocenters. The van der Waals surface area contributed by atoms with Crippen molar-refractivity contribution in [1.29, 1.82) is 0 Å². The molecular formula is C19H22N6O3S2. The Morgan fingerprint density at radius 3 is 2.77 bits per heavy atom. The van der Waals surface area contributed by atoms with E-state index < -0.39 is 5.91 Å².